The van der Waals surface area contributed by atoms with Gasteiger partial charge in [-0.15, -0.1) is 11.3 Å². The third-order valence-electron chi connectivity index (χ3n) is 5.10. The van der Waals surface area contributed by atoms with E-state index >= 15 is 0 Å². The van der Waals surface area contributed by atoms with Crippen molar-refractivity contribution < 1.29 is 23.5 Å². The number of anilines is 3. The summed E-state index contributed by atoms with van der Waals surface area (Å²) in [5.41, 5.74) is 7.61. The highest BCUT2D eigenvalue weighted by molar-refractivity contribution is 7.13. The van der Waals surface area contributed by atoms with Gasteiger partial charge in [-0.25, -0.2) is 14.2 Å². The summed E-state index contributed by atoms with van der Waals surface area (Å²) in [6.07, 6.45) is 0.524. The minimum atomic E-state index is -0.503. The lowest BCUT2D eigenvalue weighted by Crippen LogP contribution is -2.38. The maximum atomic E-state index is 13.4. The van der Waals surface area contributed by atoms with Crippen molar-refractivity contribution in [3.8, 4) is 11.5 Å². The van der Waals surface area contributed by atoms with E-state index in [1.807, 2.05) is 0 Å². The smallest absolute Gasteiger partial charge is 0.322 e. The predicted molar refractivity (Wildman–Crippen MR) is 117 cm³/mol. The molecule has 0 bridgehead atoms. The van der Waals surface area contributed by atoms with Crippen LogP contribution in [0.5, 0.6) is 11.5 Å². The van der Waals surface area contributed by atoms with Crippen LogP contribution in [0.1, 0.15) is 20.4 Å². The first-order valence-electron chi connectivity index (χ1n) is 9.77. The number of nitrogens with two attached hydrogens (primary N) is 1. The average molecular weight is 455 g/mol. The molecule has 2 aliphatic heterocycles. The van der Waals surface area contributed by atoms with Crippen LogP contribution in [0.2, 0.25) is 0 Å². The molecule has 3 amide bonds. The van der Waals surface area contributed by atoms with Crippen LogP contribution >= 0.6 is 11.3 Å². The number of carbonyl (C=O) groups is 2. The third-order valence-corrected chi connectivity index (χ3v) is 6.18. The van der Waals surface area contributed by atoms with Crippen LogP contribution in [0.25, 0.3) is 0 Å². The second kappa shape index (κ2) is 8.00. The van der Waals surface area contributed by atoms with Gasteiger partial charge in [0.15, 0.2) is 16.5 Å². The Labute approximate surface area is 185 Å². The number of rotatable bonds is 3. The van der Waals surface area contributed by atoms with Crippen LogP contribution < -0.4 is 25.8 Å². The fraction of sp³-hybridized carbons (Fsp3) is 0.190. The van der Waals surface area contributed by atoms with Gasteiger partial charge in [-0.1, -0.05) is 0 Å². The fourth-order valence-corrected chi connectivity index (χ4v) is 4.47. The van der Waals surface area contributed by atoms with E-state index in [4.69, 9.17) is 15.2 Å². The van der Waals surface area contributed by atoms with E-state index in [9.17, 15) is 14.0 Å². The fourth-order valence-electron chi connectivity index (χ4n) is 3.46. The first kappa shape index (κ1) is 20.1. The molecule has 9 nitrogen and oxygen atoms in total. The van der Waals surface area contributed by atoms with Crippen molar-refractivity contribution in [1.29, 1.82) is 0 Å². The number of nitrogens with zero attached hydrogens (tertiary/aromatic N) is 2. The molecule has 164 valence electrons. The van der Waals surface area contributed by atoms with Gasteiger partial charge in [0.2, 0.25) is 6.79 Å². The van der Waals surface area contributed by atoms with E-state index in [1.54, 1.807) is 23.1 Å². The van der Waals surface area contributed by atoms with Crippen molar-refractivity contribution in [2.24, 2.45) is 0 Å². The standard InChI is InChI=1S/C21H18FN5O4S/c22-11-1-3-13(23)15(7-11)25-19(28)20-26-14-5-6-27(9-18(14)32-20)21(29)24-12-2-4-16-17(8-12)31-10-30-16/h1-4,7-8H,5-6,9-10,23H2,(H,24,29)(H,25,28). The number of hydrogen-bond donors (Lipinski definition) is 3. The molecule has 0 aliphatic carbocycles. The number of nitrogen functional groups attached to an aromatic ring is 1. The van der Waals surface area contributed by atoms with E-state index < -0.39 is 11.7 Å². The number of halogens is 1. The molecule has 2 aromatic carbocycles. The van der Waals surface area contributed by atoms with Gasteiger partial charge in [0.25, 0.3) is 5.91 Å². The summed E-state index contributed by atoms with van der Waals surface area (Å²) in [4.78, 5) is 32.2. The van der Waals surface area contributed by atoms with Gasteiger partial charge in [0.05, 0.1) is 23.6 Å². The number of nitrogens with one attached hydrogen (secondary N) is 2. The normalized spacial score (nSPS) is 14.1. The molecule has 5 rings (SSSR count). The van der Waals surface area contributed by atoms with Gasteiger partial charge in [-0.3, -0.25) is 4.79 Å². The molecule has 0 atom stereocenters. The highest BCUT2D eigenvalue weighted by Crippen LogP contribution is 2.34. The summed E-state index contributed by atoms with van der Waals surface area (Å²) in [7, 11) is 0. The molecule has 0 fully saturated rings. The van der Waals surface area contributed by atoms with Crippen molar-refractivity contribution in [3.05, 3.63) is 57.8 Å². The van der Waals surface area contributed by atoms with Crippen LogP contribution in [0, 0.1) is 5.82 Å². The van der Waals surface area contributed by atoms with Crippen LogP contribution in [0.4, 0.5) is 26.2 Å². The number of aromatic nitrogens is 1. The van der Waals surface area contributed by atoms with E-state index in [2.05, 4.69) is 15.6 Å². The number of benzene rings is 2. The molecule has 0 radical (unpaired) electrons. The highest BCUT2D eigenvalue weighted by atomic mass is 32.1. The Bertz CT molecular complexity index is 1230. The number of amides is 3. The predicted octanol–water partition coefficient (Wildman–Crippen LogP) is 3.44. The quantitative estimate of drug-likeness (QED) is 0.521. The van der Waals surface area contributed by atoms with Crippen LogP contribution in [0.15, 0.2) is 36.4 Å². The average Bonchev–Trinajstić information content (AvgIpc) is 3.42. The first-order valence-corrected chi connectivity index (χ1v) is 10.6. The van der Waals surface area contributed by atoms with Crippen LogP contribution in [0.3, 0.4) is 0 Å². The second-order valence-corrected chi connectivity index (χ2v) is 8.33. The summed E-state index contributed by atoms with van der Waals surface area (Å²) in [6, 6.07) is 8.69. The van der Waals surface area contributed by atoms with E-state index in [0.29, 0.717) is 36.7 Å². The summed E-state index contributed by atoms with van der Waals surface area (Å²) in [5.74, 6) is 0.247. The number of fused-ring (bicyclic) bond motifs is 2. The molecule has 4 N–H and O–H groups in total. The Morgan fingerprint density at radius 1 is 1.12 bits per heavy atom. The minimum Gasteiger partial charge on any atom is -0.454 e. The molecule has 0 saturated carbocycles. The Hall–Kier alpha value is -3.86. The van der Waals surface area contributed by atoms with Gasteiger partial charge in [-0.05, 0) is 30.3 Å². The van der Waals surface area contributed by atoms with Gasteiger partial charge in [0.1, 0.15) is 5.82 Å². The van der Waals surface area contributed by atoms with Crippen molar-refractivity contribution in [2.75, 3.05) is 29.7 Å². The third kappa shape index (κ3) is 3.89. The lowest BCUT2D eigenvalue weighted by atomic mass is 10.2. The summed E-state index contributed by atoms with van der Waals surface area (Å²) in [5, 5.41) is 5.68. The summed E-state index contributed by atoms with van der Waals surface area (Å²) < 4.78 is 24.1. The first-order chi connectivity index (χ1) is 15.5. The number of ether oxygens (including phenoxy) is 2. The zero-order chi connectivity index (χ0) is 22.2. The molecular weight excluding hydrogens is 437 g/mol. The molecule has 0 unspecified atom stereocenters. The largest absolute Gasteiger partial charge is 0.454 e. The highest BCUT2D eigenvalue weighted by Gasteiger charge is 2.26. The zero-order valence-corrected chi connectivity index (χ0v) is 17.5. The molecule has 1 aromatic heterocycles. The SMILES string of the molecule is Nc1ccc(F)cc1NC(=O)c1nc2c(s1)CN(C(=O)Nc1ccc3c(c1)OCO3)CC2. The topological polar surface area (TPSA) is 119 Å². The number of urea groups is 1. The Morgan fingerprint density at radius 3 is 2.84 bits per heavy atom. The van der Waals surface area contributed by atoms with Gasteiger partial charge in [-0.2, -0.15) is 0 Å². The van der Waals surface area contributed by atoms with Gasteiger partial charge in [0, 0.05) is 29.6 Å². The monoisotopic (exact) mass is 455 g/mol. The zero-order valence-electron chi connectivity index (χ0n) is 16.7. The Kier molecular flexibility index (Phi) is 5.02. The number of carbonyl (C=O) groups excluding carboxylic acids is 2. The van der Waals surface area contributed by atoms with E-state index in [-0.39, 0.29) is 29.2 Å². The number of thiazole rings is 1. The molecule has 2 aliphatic rings. The van der Waals surface area contributed by atoms with Crippen LogP contribution in [-0.2, 0) is 13.0 Å². The van der Waals surface area contributed by atoms with Crippen molar-refractivity contribution in [1.82, 2.24) is 9.88 Å². The molecule has 0 spiro atoms. The molecular formula is C21H18FN5O4S. The Balaban J connectivity index is 1.25. The number of hydrogen-bond acceptors (Lipinski definition) is 7. The lowest BCUT2D eigenvalue weighted by molar-refractivity contribution is 0.102. The van der Waals surface area contributed by atoms with Crippen molar-refractivity contribution in [3.63, 3.8) is 0 Å². The van der Waals surface area contributed by atoms with Crippen molar-refractivity contribution in [2.45, 2.75) is 13.0 Å². The Morgan fingerprint density at radius 2 is 1.97 bits per heavy atom. The summed E-state index contributed by atoms with van der Waals surface area (Å²) >= 11 is 1.20. The van der Waals surface area contributed by atoms with E-state index in [1.165, 1.54) is 23.5 Å². The van der Waals surface area contributed by atoms with Crippen molar-refractivity contribution >= 4 is 40.3 Å². The maximum absolute atomic E-state index is 13.4. The second-order valence-electron chi connectivity index (χ2n) is 7.24. The summed E-state index contributed by atoms with van der Waals surface area (Å²) in [6.45, 7) is 0.957. The van der Waals surface area contributed by atoms with Crippen LogP contribution in [-0.4, -0.2) is 35.2 Å². The minimum absolute atomic E-state index is 0.161. The molecule has 3 aromatic rings. The molecule has 0 saturated heterocycles. The van der Waals surface area contributed by atoms with Gasteiger partial charge < -0.3 is 30.7 Å². The molecule has 32 heavy (non-hydrogen) atoms. The molecule has 3 heterocycles. The van der Waals surface area contributed by atoms with Gasteiger partial charge >= 0.3 is 6.03 Å². The lowest BCUT2D eigenvalue weighted by Gasteiger charge is -2.26. The molecule has 11 heteroatoms. The van der Waals surface area contributed by atoms with E-state index in [0.717, 1.165) is 16.6 Å². The maximum Gasteiger partial charge on any atom is 0.322 e.